The number of amides is 1. The number of nitrogens with zero attached hydrogens (tertiary/aromatic N) is 2. The standard InChI is InChI=1S/C19H23N3O/c1-13-2-3-15-11-20-18(10-16(15)8-13)19(23)21-17-9-14-4-6-22(12-17)7-5-14/h2-3,8,10-11,14,17H,4-7,9,12H2,1H3,(H,21,23)/t17-/m1/s1. The smallest absolute Gasteiger partial charge is 0.270 e. The number of aryl methyl sites for hydroxylation is 1. The van der Waals surface area contributed by atoms with Gasteiger partial charge in [-0.1, -0.05) is 23.8 Å². The van der Waals surface area contributed by atoms with Gasteiger partial charge in [-0.3, -0.25) is 9.78 Å². The molecule has 2 aromatic rings. The molecular formula is C19H23N3O. The van der Waals surface area contributed by atoms with Gasteiger partial charge in [0.15, 0.2) is 0 Å². The average molecular weight is 309 g/mol. The number of hydrogen-bond donors (Lipinski definition) is 1. The lowest BCUT2D eigenvalue weighted by atomic mass is 9.94. The molecule has 0 radical (unpaired) electrons. The third-order valence-corrected chi connectivity index (χ3v) is 5.25. The Kier molecular flexibility index (Phi) is 3.77. The van der Waals surface area contributed by atoms with Crippen molar-refractivity contribution >= 4 is 16.7 Å². The van der Waals surface area contributed by atoms with Gasteiger partial charge in [-0.15, -0.1) is 0 Å². The summed E-state index contributed by atoms with van der Waals surface area (Å²) in [5, 5.41) is 5.37. The molecule has 1 atom stereocenters. The number of carbonyl (C=O) groups excluding carboxylic acids is 1. The van der Waals surface area contributed by atoms with Gasteiger partial charge >= 0.3 is 0 Å². The van der Waals surface area contributed by atoms with Crippen molar-refractivity contribution in [3.05, 3.63) is 41.7 Å². The number of carbonyl (C=O) groups is 1. The second-order valence-electron chi connectivity index (χ2n) is 7.07. The number of benzene rings is 1. The molecule has 5 rings (SSSR count). The van der Waals surface area contributed by atoms with Crippen LogP contribution < -0.4 is 5.32 Å². The van der Waals surface area contributed by atoms with Gasteiger partial charge in [0.1, 0.15) is 5.69 Å². The van der Waals surface area contributed by atoms with E-state index in [4.69, 9.17) is 0 Å². The van der Waals surface area contributed by atoms with Crippen LogP contribution >= 0.6 is 0 Å². The lowest BCUT2D eigenvalue weighted by Crippen LogP contribution is -2.42. The van der Waals surface area contributed by atoms with E-state index in [9.17, 15) is 4.79 Å². The Labute approximate surface area is 136 Å². The summed E-state index contributed by atoms with van der Waals surface area (Å²) < 4.78 is 0. The fourth-order valence-corrected chi connectivity index (χ4v) is 3.94. The third-order valence-electron chi connectivity index (χ3n) is 5.25. The van der Waals surface area contributed by atoms with Crippen molar-refractivity contribution < 1.29 is 4.79 Å². The van der Waals surface area contributed by atoms with Crippen LogP contribution in [0.2, 0.25) is 0 Å². The quantitative estimate of drug-likeness (QED) is 0.928. The van der Waals surface area contributed by atoms with Crippen molar-refractivity contribution in [3.63, 3.8) is 0 Å². The topological polar surface area (TPSA) is 45.2 Å². The van der Waals surface area contributed by atoms with Crippen molar-refractivity contribution in [3.8, 4) is 0 Å². The van der Waals surface area contributed by atoms with E-state index >= 15 is 0 Å². The van der Waals surface area contributed by atoms with Crippen LogP contribution in [-0.2, 0) is 0 Å². The van der Waals surface area contributed by atoms with Crippen LogP contribution in [0.5, 0.6) is 0 Å². The van der Waals surface area contributed by atoms with E-state index in [2.05, 4.69) is 40.3 Å². The summed E-state index contributed by atoms with van der Waals surface area (Å²) >= 11 is 0. The Morgan fingerprint density at radius 1 is 1.22 bits per heavy atom. The molecule has 1 amide bonds. The highest BCUT2D eigenvalue weighted by atomic mass is 16.1. The molecule has 0 unspecified atom stereocenters. The SMILES string of the molecule is Cc1ccc2cnc(C(=O)N[C@@H]3CC4CCN(CC4)C3)cc2c1. The zero-order chi connectivity index (χ0) is 15.8. The van der Waals surface area contributed by atoms with Gasteiger partial charge < -0.3 is 10.2 Å². The van der Waals surface area contributed by atoms with Crippen LogP contribution in [0.15, 0.2) is 30.5 Å². The maximum Gasteiger partial charge on any atom is 0.270 e. The number of aromatic nitrogens is 1. The Hall–Kier alpha value is -1.94. The van der Waals surface area contributed by atoms with Crippen LogP contribution in [0.1, 0.15) is 35.3 Å². The number of fused-ring (bicyclic) bond motifs is 5. The summed E-state index contributed by atoms with van der Waals surface area (Å²) in [6.07, 6.45) is 5.46. The first-order valence-corrected chi connectivity index (χ1v) is 8.57. The van der Waals surface area contributed by atoms with Crippen LogP contribution in [0.3, 0.4) is 0 Å². The molecule has 1 N–H and O–H groups in total. The van der Waals surface area contributed by atoms with E-state index in [-0.39, 0.29) is 11.9 Å². The minimum atomic E-state index is -0.0408. The number of rotatable bonds is 2. The molecule has 4 nitrogen and oxygen atoms in total. The highest BCUT2D eigenvalue weighted by Gasteiger charge is 2.30. The largest absolute Gasteiger partial charge is 0.347 e. The molecule has 1 aromatic carbocycles. The molecule has 4 heteroatoms. The maximum atomic E-state index is 12.6. The van der Waals surface area contributed by atoms with Crippen molar-refractivity contribution in [1.82, 2.24) is 15.2 Å². The number of piperidine rings is 1. The van der Waals surface area contributed by atoms with Gasteiger partial charge in [-0.2, -0.15) is 0 Å². The molecule has 23 heavy (non-hydrogen) atoms. The van der Waals surface area contributed by atoms with E-state index in [1.807, 2.05) is 6.07 Å². The van der Waals surface area contributed by atoms with Crippen LogP contribution in [0.25, 0.3) is 10.8 Å². The molecule has 0 saturated carbocycles. The average Bonchev–Trinajstić information content (AvgIpc) is 2.86. The van der Waals surface area contributed by atoms with Crippen molar-refractivity contribution in [2.75, 3.05) is 19.6 Å². The van der Waals surface area contributed by atoms with E-state index in [0.717, 1.165) is 29.7 Å². The summed E-state index contributed by atoms with van der Waals surface area (Å²) in [7, 11) is 0. The number of hydrogen-bond acceptors (Lipinski definition) is 3. The zero-order valence-electron chi connectivity index (χ0n) is 13.6. The molecule has 4 heterocycles. The van der Waals surface area contributed by atoms with Crippen molar-refractivity contribution in [2.24, 2.45) is 5.92 Å². The normalized spacial score (nSPS) is 26.9. The first-order valence-electron chi connectivity index (χ1n) is 8.57. The number of nitrogens with one attached hydrogen (secondary N) is 1. The monoisotopic (exact) mass is 309 g/mol. The van der Waals surface area contributed by atoms with Crippen LogP contribution in [-0.4, -0.2) is 41.5 Å². The van der Waals surface area contributed by atoms with E-state index in [0.29, 0.717) is 5.69 Å². The minimum Gasteiger partial charge on any atom is -0.347 e. The van der Waals surface area contributed by atoms with Crippen molar-refractivity contribution in [1.29, 1.82) is 0 Å². The second kappa shape index (κ2) is 5.93. The zero-order valence-corrected chi connectivity index (χ0v) is 13.6. The van der Waals surface area contributed by atoms with E-state index in [1.54, 1.807) is 6.20 Å². The maximum absolute atomic E-state index is 12.6. The molecular weight excluding hydrogens is 286 g/mol. The summed E-state index contributed by atoms with van der Waals surface area (Å²) in [5.74, 6) is 0.729. The summed E-state index contributed by atoms with van der Waals surface area (Å²) in [6.45, 7) is 5.42. The van der Waals surface area contributed by atoms with Gasteiger partial charge in [-0.25, -0.2) is 0 Å². The fraction of sp³-hybridized carbons (Fsp3) is 0.474. The first kappa shape index (κ1) is 14.6. The van der Waals surface area contributed by atoms with Gasteiger partial charge in [0.25, 0.3) is 5.91 Å². The summed E-state index contributed by atoms with van der Waals surface area (Å²) in [4.78, 5) is 19.4. The Morgan fingerprint density at radius 3 is 2.87 bits per heavy atom. The Balaban J connectivity index is 1.52. The van der Waals surface area contributed by atoms with Crippen LogP contribution in [0, 0.1) is 12.8 Å². The second-order valence-corrected chi connectivity index (χ2v) is 7.07. The van der Waals surface area contributed by atoms with Gasteiger partial charge in [0.2, 0.25) is 0 Å². The van der Waals surface area contributed by atoms with E-state index < -0.39 is 0 Å². The molecule has 0 aliphatic carbocycles. The minimum absolute atomic E-state index is 0.0408. The molecule has 3 aliphatic heterocycles. The molecule has 3 saturated heterocycles. The molecule has 1 aromatic heterocycles. The summed E-state index contributed by atoms with van der Waals surface area (Å²) in [5.41, 5.74) is 1.72. The van der Waals surface area contributed by atoms with Gasteiger partial charge in [0, 0.05) is 24.2 Å². The fourth-order valence-electron chi connectivity index (χ4n) is 3.94. The Morgan fingerprint density at radius 2 is 2.04 bits per heavy atom. The summed E-state index contributed by atoms with van der Waals surface area (Å²) in [6, 6.07) is 8.39. The molecule has 0 spiro atoms. The van der Waals surface area contributed by atoms with Gasteiger partial charge in [-0.05, 0) is 56.6 Å². The molecule has 3 fully saturated rings. The molecule has 120 valence electrons. The lowest BCUT2D eigenvalue weighted by Gasteiger charge is -2.26. The van der Waals surface area contributed by atoms with Gasteiger partial charge in [0.05, 0.1) is 0 Å². The number of pyridine rings is 1. The third kappa shape index (κ3) is 3.08. The predicted molar refractivity (Wildman–Crippen MR) is 91.5 cm³/mol. The van der Waals surface area contributed by atoms with Crippen molar-refractivity contribution in [2.45, 2.75) is 32.2 Å². The Bertz CT molecular complexity index is 720. The molecule has 3 aliphatic rings. The highest BCUT2D eigenvalue weighted by molar-refractivity contribution is 5.96. The molecule has 2 bridgehead atoms. The first-order chi connectivity index (χ1) is 11.2. The predicted octanol–water partition coefficient (Wildman–Crippen LogP) is 2.76. The van der Waals surface area contributed by atoms with E-state index in [1.165, 1.54) is 31.5 Å². The lowest BCUT2D eigenvalue weighted by molar-refractivity contribution is 0.0924. The highest BCUT2D eigenvalue weighted by Crippen LogP contribution is 2.26. The van der Waals surface area contributed by atoms with Crippen LogP contribution in [0.4, 0.5) is 0 Å².